The van der Waals surface area contributed by atoms with Crippen molar-refractivity contribution in [3.05, 3.63) is 0 Å². The molecule has 122 valence electrons. The minimum Gasteiger partial charge on any atom is -0.468 e. The molecule has 1 saturated heterocycles. The maximum absolute atomic E-state index is 12.7. The quantitative estimate of drug-likeness (QED) is 0.650. The molecule has 0 aromatic rings. The largest absolute Gasteiger partial charge is 0.468 e. The van der Waals surface area contributed by atoms with E-state index in [9.17, 15) is 21.6 Å². The molecule has 7 nitrogen and oxygen atoms in total. The number of carbonyl (C=O) groups excluding carboxylic acids is 1. The van der Waals surface area contributed by atoms with E-state index in [0.29, 0.717) is 12.8 Å². The van der Waals surface area contributed by atoms with Crippen LogP contribution in [0.4, 0.5) is 0 Å². The average molecular weight is 339 g/mol. The second-order valence-corrected chi connectivity index (χ2v) is 10.0. The Labute approximate surface area is 125 Å². The maximum atomic E-state index is 12.7. The highest BCUT2D eigenvalue weighted by atomic mass is 32.2. The number of sulfone groups is 1. The number of hydrogen-bond donors (Lipinski definition) is 0. The van der Waals surface area contributed by atoms with E-state index in [1.54, 1.807) is 0 Å². The summed E-state index contributed by atoms with van der Waals surface area (Å²) in [6, 6.07) is -0.225. The molecule has 0 amide bonds. The van der Waals surface area contributed by atoms with Crippen molar-refractivity contribution < 1.29 is 26.4 Å². The Hall–Kier alpha value is -0.670. The number of hydrogen-bond acceptors (Lipinski definition) is 6. The first-order valence-electron chi connectivity index (χ1n) is 7.04. The van der Waals surface area contributed by atoms with Crippen molar-refractivity contribution in [2.24, 2.45) is 0 Å². The van der Waals surface area contributed by atoms with Crippen LogP contribution in [0.1, 0.15) is 32.1 Å². The SMILES string of the molecule is COC(=O)CN(C1CCCC1)S(=O)(=O)C1CCS(=O)(=O)C1. The minimum atomic E-state index is -3.81. The van der Waals surface area contributed by atoms with Crippen molar-refractivity contribution in [2.45, 2.75) is 43.4 Å². The molecule has 0 aromatic heterocycles. The molecule has 0 bridgehead atoms. The molecular weight excluding hydrogens is 318 g/mol. The van der Waals surface area contributed by atoms with Crippen molar-refractivity contribution in [1.29, 1.82) is 0 Å². The summed E-state index contributed by atoms with van der Waals surface area (Å²) in [6.45, 7) is -0.333. The van der Waals surface area contributed by atoms with Gasteiger partial charge in [0.15, 0.2) is 9.84 Å². The lowest BCUT2D eigenvalue weighted by molar-refractivity contribution is -0.141. The van der Waals surface area contributed by atoms with E-state index < -0.39 is 31.1 Å². The fourth-order valence-electron chi connectivity index (χ4n) is 3.00. The zero-order chi connectivity index (χ0) is 15.7. The monoisotopic (exact) mass is 339 g/mol. The second-order valence-electron chi connectivity index (χ2n) is 5.63. The Bertz CT molecular complexity index is 591. The van der Waals surface area contributed by atoms with Crippen molar-refractivity contribution in [3.63, 3.8) is 0 Å². The van der Waals surface area contributed by atoms with E-state index >= 15 is 0 Å². The standard InChI is InChI=1S/C12H21NO6S2/c1-19-12(14)8-13(10-4-2-3-5-10)21(17,18)11-6-7-20(15,16)9-11/h10-11H,2-9H2,1H3. The highest BCUT2D eigenvalue weighted by Gasteiger charge is 2.43. The van der Waals surface area contributed by atoms with Gasteiger partial charge in [-0.1, -0.05) is 12.8 Å². The first-order chi connectivity index (χ1) is 9.76. The molecular formula is C12H21NO6S2. The number of rotatable bonds is 5. The lowest BCUT2D eigenvalue weighted by Crippen LogP contribution is -2.47. The minimum absolute atomic E-state index is 0.104. The Morgan fingerprint density at radius 2 is 1.86 bits per heavy atom. The van der Waals surface area contributed by atoms with Crippen LogP contribution in [0.15, 0.2) is 0 Å². The molecule has 2 rings (SSSR count). The van der Waals surface area contributed by atoms with Crippen LogP contribution in [0.3, 0.4) is 0 Å². The lowest BCUT2D eigenvalue weighted by atomic mass is 10.2. The van der Waals surface area contributed by atoms with E-state index in [1.807, 2.05) is 0 Å². The van der Waals surface area contributed by atoms with Gasteiger partial charge < -0.3 is 4.74 Å². The average Bonchev–Trinajstić information content (AvgIpc) is 3.04. The summed E-state index contributed by atoms with van der Waals surface area (Å²) in [6.07, 6.45) is 3.35. The molecule has 1 aliphatic carbocycles. The van der Waals surface area contributed by atoms with Crippen LogP contribution in [0.25, 0.3) is 0 Å². The predicted molar refractivity (Wildman–Crippen MR) is 77.0 cm³/mol. The fourth-order valence-corrected chi connectivity index (χ4v) is 7.71. The molecule has 9 heteroatoms. The Morgan fingerprint density at radius 3 is 2.33 bits per heavy atom. The van der Waals surface area contributed by atoms with E-state index in [2.05, 4.69) is 4.74 Å². The summed E-state index contributed by atoms with van der Waals surface area (Å²) >= 11 is 0. The van der Waals surface area contributed by atoms with Crippen LogP contribution in [-0.4, -0.2) is 63.6 Å². The molecule has 1 aliphatic heterocycles. The van der Waals surface area contributed by atoms with Crippen LogP contribution in [0, 0.1) is 0 Å². The normalized spacial score (nSPS) is 26.3. The van der Waals surface area contributed by atoms with E-state index in [1.165, 1.54) is 11.4 Å². The molecule has 0 N–H and O–H groups in total. The third-order valence-corrected chi connectivity index (χ3v) is 8.49. The van der Waals surface area contributed by atoms with Gasteiger partial charge >= 0.3 is 5.97 Å². The number of ether oxygens (including phenoxy) is 1. The first-order valence-corrected chi connectivity index (χ1v) is 10.4. The number of esters is 1. The summed E-state index contributed by atoms with van der Waals surface area (Å²) in [5.41, 5.74) is 0. The Kier molecular flexibility index (Phi) is 4.94. The van der Waals surface area contributed by atoms with Gasteiger partial charge in [-0.2, -0.15) is 4.31 Å². The number of nitrogens with zero attached hydrogens (tertiary/aromatic N) is 1. The molecule has 1 heterocycles. The second kappa shape index (κ2) is 6.21. The molecule has 1 unspecified atom stereocenters. The van der Waals surface area contributed by atoms with Gasteiger partial charge in [0.25, 0.3) is 0 Å². The van der Waals surface area contributed by atoms with E-state index in [0.717, 1.165) is 12.8 Å². The Morgan fingerprint density at radius 1 is 1.24 bits per heavy atom. The van der Waals surface area contributed by atoms with Crippen molar-refractivity contribution >= 4 is 25.8 Å². The summed E-state index contributed by atoms with van der Waals surface area (Å²) in [5, 5.41) is -0.937. The van der Waals surface area contributed by atoms with Crippen molar-refractivity contribution in [3.8, 4) is 0 Å². The van der Waals surface area contributed by atoms with Gasteiger partial charge in [-0.15, -0.1) is 0 Å². The van der Waals surface area contributed by atoms with Gasteiger partial charge in [-0.05, 0) is 19.3 Å². The van der Waals surface area contributed by atoms with Gasteiger partial charge in [0, 0.05) is 6.04 Å². The van der Waals surface area contributed by atoms with Crippen molar-refractivity contribution in [2.75, 3.05) is 25.2 Å². The van der Waals surface area contributed by atoms with Gasteiger partial charge in [0.1, 0.15) is 6.54 Å². The molecule has 1 atom stereocenters. The van der Waals surface area contributed by atoms with Gasteiger partial charge in [-0.25, -0.2) is 16.8 Å². The highest BCUT2D eigenvalue weighted by molar-refractivity contribution is 7.95. The summed E-state index contributed by atoms with van der Waals surface area (Å²) in [4.78, 5) is 11.5. The zero-order valence-corrected chi connectivity index (χ0v) is 13.7. The van der Waals surface area contributed by atoms with E-state index in [-0.39, 0.29) is 30.5 Å². The first kappa shape index (κ1) is 16.7. The maximum Gasteiger partial charge on any atom is 0.321 e. The number of sulfonamides is 1. The summed E-state index contributed by atoms with van der Waals surface area (Å²) < 4.78 is 54.3. The van der Waals surface area contributed by atoms with Crippen LogP contribution in [0.5, 0.6) is 0 Å². The molecule has 2 aliphatic rings. The topological polar surface area (TPSA) is 97.8 Å². The third kappa shape index (κ3) is 3.75. The molecule has 0 radical (unpaired) electrons. The van der Waals surface area contributed by atoms with Crippen LogP contribution in [-0.2, 0) is 29.4 Å². The van der Waals surface area contributed by atoms with Gasteiger partial charge in [0.05, 0.1) is 23.9 Å². The Balaban J connectivity index is 2.23. The van der Waals surface area contributed by atoms with E-state index in [4.69, 9.17) is 0 Å². The third-order valence-electron chi connectivity index (χ3n) is 4.18. The molecule has 1 saturated carbocycles. The smallest absolute Gasteiger partial charge is 0.321 e. The molecule has 2 fully saturated rings. The molecule has 21 heavy (non-hydrogen) atoms. The van der Waals surface area contributed by atoms with Gasteiger partial charge in [0.2, 0.25) is 10.0 Å². The van der Waals surface area contributed by atoms with Crippen LogP contribution < -0.4 is 0 Å². The number of methoxy groups -OCH3 is 1. The summed E-state index contributed by atoms with van der Waals surface area (Å²) in [7, 11) is -5.89. The fraction of sp³-hybridized carbons (Fsp3) is 0.917. The van der Waals surface area contributed by atoms with Crippen molar-refractivity contribution in [1.82, 2.24) is 4.31 Å². The van der Waals surface area contributed by atoms with Crippen LogP contribution in [0.2, 0.25) is 0 Å². The lowest BCUT2D eigenvalue weighted by Gasteiger charge is -2.29. The summed E-state index contributed by atoms with van der Waals surface area (Å²) in [5.74, 6) is -1.07. The van der Waals surface area contributed by atoms with Gasteiger partial charge in [-0.3, -0.25) is 4.79 Å². The molecule has 0 spiro atoms. The van der Waals surface area contributed by atoms with Crippen LogP contribution >= 0.6 is 0 Å². The number of carbonyl (C=O) groups is 1. The zero-order valence-electron chi connectivity index (χ0n) is 12.0. The highest BCUT2D eigenvalue weighted by Crippen LogP contribution is 2.30. The molecule has 0 aromatic carbocycles. The predicted octanol–water partition coefficient (Wildman–Crippen LogP) is -0.0791.